The third-order valence-corrected chi connectivity index (χ3v) is 7.52. The molecule has 0 saturated carbocycles. The standard InChI is InChI=1S/C25H34N2OS/c28-25(13-12-23-18-21-10-6-7-11-24(21)29-23)26-22-14-16-27(17-15-22)19-20-8-4-2-1-3-5-9-20/h6-8,10-11,18,22H,1-5,9,12-17,19H2,(H,26,28). The molecule has 156 valence electrons. The van der Waals surface area contributed by atoms with Crippen molar-refractivity contribution < 1.29 is 4.79 Å². The van der Waals surface area contributed by atoms with E-state index in [9.17, 15) is 4.79 Å². The number of piperidine rings is 1. The van der Waals surface area contributed by atoms with Crippen LogP contribution >= 0.6 is 11.3 Å². The van der Waals surface area contributed by atoms with Crippen LogP contribution in [0, 0.1) is 0 Å². The normalized spacial score (nSPS) is 19.5. The Morgan fingerprint density at radius 3 is 2.79 bits per heavy atom. The highest BCUT2D eigenvalue weighted by Crippen LogP contribution is 2.26. The summed E-state index contributed by atoms with van der Waals surface area (Å²) in [5.74, 6) is 0.212. The van der Waals surface area contributed by atoms with Crippen molar-refractivity contribution in [3.63, 3.8) is 0 Å². The average Bonchev–Trinajstić information content (AvgIpc) is 3.13. The number of benzene rings is 1. The maximum absolute atomic E-state index is 12.4. The first-order valence-corrected chi connectivity index (χ1v) is 12.2. The average molecular weight is 411 g/mol. The topological polar surface area (TPSA) is 32.3 Å². The number of rotatable bonds is 6. The van der Waals surface area contributed by atoms with Gasteiger partial charge in [-0.3, -0.25) is 9.69 Å². The smallest absolute Gasteiger partial charge is 0.220 e. The van der Waals surface area contributed by atoms with Gasteiger partial charge in [0.15, 0.2) is 0 Å². The number of hydrogen-bond acceptors (Lipinski definition) is 3. The van der Waals surface area contributed by atoms with Crippen molar-refractivity contribution >= 4 is 27.3 Å². The quantitative estimate of drug-likeness (QED) is 0.620. The van der Waals surface area contributed by atoms with Crippen LogP contribution in [-0.4, -0.2) is 36.5 Å². The molecule has 3 nitrogen and oxygen atoms in total. The number of carbonyl (C=O) groups excluding carboxylic acids is 1. The van der Waals surface area contributed by atoms with E-state index in [-0.39, 0.29) is 5.91 Å². The fourth-order valence-corrected chi connectivity index (χ4v) is 5.68. The van der Waals surface area contributed by atoms with Gasteiger partial charge in [0.25, 0.3) is 0 Å². The van der Waals surface area contributed by atoms with E-state index in [1.165, 1.54) is 53.5 Å². The van der Waals surface area contributed by atoms with Crippen LogP contribution in [-0.2, 0) is 11.2 Å². The summed E-state index contributed by atoms with van der Waals surface area (Å²) in [6.07, 6.45) is 14.2. The third-order valence-electron chi connectivity index (χ3n) is 6.34. The highest BCUT2D eigenvalue weighted by Gasteiger charge is 2.21. The van der Waals surface area contributed by atoms with Crippen LogP contribution < -0.4 is 5.32 Å². The Morgan fingerprint density at radius 2 is 1.93 bits per heavy atom. The van der Waals surface area contributed by atoms with Gasteiger partial charge in [-0.2, -0.15) is 0 Å². The van der Waals surface area contributed by atoms with E-state index in [4.69, 9.17) is 0 Å². The van der Waals surface area contributed by atoms with Gasteiger partial charge in [-0.25, -0.2) is 0 Å². The second kappa shape index (κ2) is 10.4. The minimum Gasteiger partial charge on any atom is -0.353 e. The molecule has 29 heavy (non-hydrogen) atoms. The molecule has 4 rings (SSSR count). The monoisotopic (exact) mass is 410 g/mol. The van der Waals surface area contributed by atoms with Crippen molar-refractivity contribution in [2.45, 2.75) is 70.3 Å². The molecule has 1 aromatic carbocycles. The predicted octanol–water partition coefficient (Wildman–Crippen LogP) is 5.70. The Bertz CT molecular complexity index is 799. The van der Waals surface area contributed by atoms with Gasteiger partial charge in [-0.05, 0) is 62.5 Å². The van der Waals surface area contributed by atoms with E-state index >= 15 is 0 Å². The molecule has 1 N–H and O–H groups in total. The van der Waals surface area contributed by atoms with Crippen molar-refractivity contribution in [3.8, 4) is 0 Å². The van der Waals surface area contributed by atoms with E-state index in [0.29, 0.717) is 12.5 Å². The summed E-state index contributed by atoms with van der Waals surface area (Å²) in [6, 6.07) is 11.0. The molecule has 0 bridgehead atoms. The summed E-state index contributed by atoms with van der Waals surface area (Å²) in [5, 5.41) is 4.58. The molecule has 1 aliphatic heterocycles. The molecule has 2 aliphatic rings. The molecule has 0 atom stereocenters. The lowest BCUT2D eigenvalue weighted by atomic mass is 9.98. The largest absolute Gasteiger partial charge is 0.353 e. The lowest BCUT2D eigenvalue weighted by molar-refractivity contribution is -0.122. The summed E-state index contributed by atoms with van der Waals surface area (Å²) < 4.78 is 1.31. The van der Waals surface area contributed by atoms with Crippen molar-refractivity contribution in [3.05, 3.63) is 46.9 Å². The van der Waals surface area contributed by atoms with Gasteiger partial charge < -0.3 is 5.32 Å². The number of thiophene rings is 1. The van der Waals surface area contributed by atoms with Gasteiger partial charge >= 0.3 is 0 Å². The summed E-state index contributed by atoms with van der Waals surface area (Å²) in [5.41, 5.74) is 1.65. The fourth-order valence-electron chi connectivity index (χ4n) is 4.62. The van der Waals surface area contributed by atoms with Crippen LogP contribution in [0.3, 0.4) is 0 Å². The predicted molar refractivity (Wildman–Crippen MR) is 124 cm³/mol. The van der Waals surface area contributed by atoms with E-state index < -0.39 is 0 Å². The zero-order valence-corrected chi connectivity index (χ0v) is 18.3. The van der Waals surface area contributed by atoms with Crippen LogP contribution in [0.2, 0.25) is 0 Å². The molecule has 1 aliphatic carbocycles. The van der Waals surface area contributed by atoms with Crippen LogP contribution in [0.1, 0.15) is 62.7 Å². The first kappa shape index (κ1) is 20.6. The number of allylic oxidation sites excluding steroid dienone is 1. The van der Waals surface area contributed by atoms with Crippen LogP contribution in [0.4, 0.5) is 0 Å². The first-order valence-electron chi connectivity index (χ1n) is 11.4. The minimum absolute atomic E-state index is 0.212. The summed E-state index contributed by atoms with van der Waals surface area (Å²) >= 11 is 1.81. The van der Waals surface area contributed by atoms with E-state index in [1.807, 2.05) is 11.3 Å². The number of fused-ring (bicyclic) bond motifs is 1. The number of likely N-dealkylation sites (tertiary alicyclic amines) is 1. The molecule has 2 aromatic rings. The van der Waals surface area contributed by atoms with E-state index in [0.717, 1.165) is 38.9 Å². The number of amides is 1. The van der Waals surface area contributed by atoms with Gasteiger partial charge in [0.05, 0.1) is 0 Å². The van der Waals surface area contributed by atoms with Gasteiger partial charge in [-0.15, -0.1) is 11.3 Å². The first-order chi connectivity index (χ1) is 14.3. The van der Waals surface area contributed by atoms with Crippen LogP contribution in [0.5, 0.6) is 0 Å². The summed E-state index contributed by atoms with van der Waals surface area (Å²) in [6.45, 7) is 3.36. The molecule has 1 aromatic heterocycles. The number of aryl methyl sites for hydroxylation is 1. The fraction of sp³-hybridized carbons (Fsp3) is 0.560. The molecule has 1 fully saturated rings. The van der Waals surface area contributed by atoms with Gasteiger partial charge in [0, 0.05) is 41.7 Å². The Hall–Kier alpha value is -1.65. The molecule has 1 saturated heterocycles. The second-order valence-corrected chi connectivity index (χ2v) is 9.85. The number of carbonyl (C=O) groups is 1. The molecular weight excluding hydrogens is 376 g/mol. The third kappa shape index (κ3) is 6.16. The molecule has 0 radical (unpaired) electrons. The lowest BCUT2D eigenvalue weighted by Crippen LogP contribution is -2.45. The maximum Gasteiger partial charge on any atom is 0.220 e. The maximum atomic E-state index is 12.4. The number of nitrogens with one attached hydrogen (secondary N) is 1. The van der Waals surface area contributed by atoms with Gasteiger partial charge in [0.1, 0.15) is 0 Å². The van der Waals surface area contributed by atoms with Crippen molar-refractivity contribution in [1.29, 1.82) is 0 Å². The van der Waals surface area contributed by atoms with Crippen molar-refractivity contribution in [2.75, 3.05) is 19.6 Å². The zero-order chi connectivity index (χ0) is 19.9. The zero-order valence-electron chi connectivity index (χ0n) is 17.5. The van der Waals surface area contributed by atoms with Crippen LogP contribution in [0.25, 0.3) is 10.1 Å². The Labute approximate surface area is 179 Å². The second-order valence-electron chi connectivity index (χ2n) is 8.68. The minimum atomic E-state index is 0.212. The number of hydrogen-bond donors (Lipinski definition) is 1. The summed E-state index contributed by atoms with van der Waals surface area (Å²) in [4.78, 5) is 16.3. The summed E-state index contributed by atoms with van der Waals surface area (Å²) in [7, 11) is 0. The molecule has 2 heterocycles. The molecule has 0 unspecified atom stereocenters. The SMILES string of the molecule is O=C(CCc1cc2ccccc2s1)NC1CCN(CC2=CCCCCCC2)CC1. The molecular formula is C25H34N2OS. The Morgan fingerprint density at radius 1 is 1.10 bits per heavy atom. The van der Waals surface area contributed by atoms with Crippen molar-refractivity contribution in [1.82, 2.24) is 10.2 Å². The molecule has 4 heteroatoms. The van der Waals surface area contributed by atoms with Crippen LogP contribution in [0.15, 0.2) is 42.0 Å². The molecule has 0 spiro atoms. The van der Waals surface area contributed by atoms with E-state index in [1.54, 1.807) is 5.57 Å². The van der Waals surface area contributed by atoms with Gasteiger partial charge in [0.2, 0.25) is 5.91 Å². The Kier molecular flexibility index (Phi) is 7.39. The lowest BCUT2D eigenvalue weighted by Gasteiger charge is -2.33. The van der Waals surface area contributed by atoms with Gasteiger partial charge in [-0.1, -0.05) is 42.7 Å². The highest BCUT2D eigenvalue weighted by molar-refractivity contribution is 7.19. The highest BCUT2D eigenvalue weighted by atomic mass is 32.1. The van der Waals surface area contributed by atoms with E-state index in [2.05, 4.69) is 46.6 Å². The number of nitrogens with zero attached hydrogens (tertiary/aromatic N) is 1. The molecule has 1 amide bonds. The Balaban J connectivity index is 1.17. The van der Waals surface area contributed by atoms with Crippen molar-refractivity contribution in [2.24, 2.45) is 0 Å².